The Morgan fingerprint density at radius 3 is 3.00 bits per heavy atom. The van der Waals surface area contributed by atoms with Crippen LogP contribution in [0.5, 0.6) is 0 Å². The molecule has 15 heavy (non-hydrogen) atoms. The summed E-state index contributed by atoms with van der Waals surface area (Å²) in [5.41, 5.74) is 1.95. The SMILES string of the molecule is O=C(O)CCCc1n[nH]c2ccccc12. The molecule has 1 aromatic heterocycles. The van der Waals surface area contributed by atoms with Crippen LogP contribution in [0.4, 0.5) is 0 Å². The van der Waals surface area contributed by atoms with Crippen molar-refractivity contribution in [3.63, 3.8) is 0 Å². The van der Waals surface area contributed by atoms with Crippen LogP contribution in [0, 0.1) is 0 Å². The molecule has 2 aromatic rings. The third kappa shape index (κ3) is 2.15. The van der Waals surface area contributed by atoms with Crippen LogP contribution >= 0.6 is 0 Å². The fourth-order valence-electron chi connectivity index (χ4n) is 1.62. The number of hydrogen-bond donors (Lipinski definition) is 2. The number of para-hydroxylation sites is 1. The van der Waals surface area contributed by atoms with Gasteiger partial charge in [0.05, 0.1) is 11.2 Å². The molecule has 0 saturated carbocycles. The highest BCUT2D eigenvalue weighted by Crippen LogP contribution is 2.16. The van der Waals surface area contributed by atoms with E-state index in [0.29, 0.717) is 12.8 Å². The summed E-state index contributed by atoms with van der Waals surface area (Å²) in [7, 11) is 0. The summed E-state index contributed by atoms with van der Waals surface area (Å²) >= 11 is 0. The summed E-state index contributed by atoms with van der Waals surface area (Å²) in [6, 6.07) is 7.86. The number of rotatable bonds is 4. The van der Waals surface area contributed by atoms with E-state index < -0.39 is 5.97 Å². The lowest BCUT2D eigenvalue weighted by atomic mass is 10.1. The lowest BCUT2D eigenvalue weighted by molar-refractivity contribution is -0.137. The van der Waals surface area contributed by atoms with E-state index in [9.17, 15) is 4.79 Å². The summed E-state index contributed by atoms with van der Waals surface area (Å²) < 4.78 is 0. The zero-order chi connectivity index (χ0) is 10.7. The van der Waals surface area contributed by atoms with Crippen molar-refractivity contribution in [3.05, 3.63) is 30.0 Å². The second-order valence-electron chi connectivity index (χ2n) is 3.46. The van der Waals surface area contributed by atoms with Gasteiger partial charge in [0.25, 0.3) is 0 Å². The molecule has 0 amide bonds. The van der Waals surface area contributed by atoms with E-state index in [1.807, 2.05) is 24.3 Å². The highest BCUT2D eigenvalue weighted by Gasteiger charge is 2.05. The number of nitrogens with zero attached hydrogens (tertiary/aromatic N) is 1. The van der Waals surface area contributed by atoms with Crippen LogP contribution in [-0.2, 0) is 11.2 Å². The van der Waals surface area contributed by atoms with Crippen molar-refractivity contribution in [1.29, 1.82) is 0 Å². The van der Waals surface area contributed by atoms with Gasteiger partial charge in [0.1, 0.15) is 0 Å². The van der Waals surface area contributed by atoms with Gasteiger partial charge < -0.3 is 5.11 Å². The summed E-state index contributed by atoms with van der Waals surface area (Å²) in [5.74, 6) is -0.755. The highest BCUT2D eigenvalue weighted by atomic mass is 16.4. The fourth-order valence-corrected chi connectivity index (χ4v) is 1.62. The number of aromatic amines is 1. The zero-order valence-corrected chi connectivity index (χ0v) is 8.23. The number of aliphatic carboxylic acids is 1. The second-order valence-corrected chi connectivity index (χ2v) is 3.46. The van der Waals surface area contributed by atoms with E-state index in [-0.39, 0.29) is 6.42 Å². The summed E-state index contributed by atoms with van der Waals surface area (Å²) in [4.78, 5) is 10.4. The first-order chi connectivity index (χ1) is 7.27. The molecule has 0 spiro atoms. The number of carboxylic acids is 1. The molecule has 0 radical (unpaired) electrons. The number of benzene rings is 1. The van der Waals surface area contributed by atoms with Gasteiger partial charge in [-0.3, -0.25) is 9.89 Å². The first kappa shape index (κ1) is 9.71. The van der Waals surface area contributed by atoms with Crippen molar-refractivity contribution in [3.8, 4) is 0 Å². The molecule has 0 bridgehead atoms. The molecular weight excluding hydrogens is 192 g/mol. The molecule has 4 nitrogen and oxygen atoms in total. The number of carbonyl (C=O) groups is 1. The third-order valence-electron chi connectivity index (χ3n) is 2.35. The van der Waals surface area contributed by atoms with Crippen molar-refractivity contribution < 1.29 is 9.90 Å². The van der Waals surface area contributed by atoms with Gasteiger partial charge in [-0.1, -0.05) is 18.2 Å². The Balaban J connectivity index is 2.11. The quantitative estimate of drug-likeness (QED) is 0.800. The molecule has 1 heterocycles. The molecule has 0 atom stereocenters. The van der Waals surface area contributed by atoms with Crippen LogP contribution in [0.3, 0.4) is 0 Å². The van der Waals surface area contributed by atoms with Crippen LogP contribution in [-0.4, -0.2) is 21.3 Å². The average molecular weight is 204 g/mol. The maximum absolute atomic E-state index is 10.4. The normalized spacial score (nSPS) is 10.7. The van der Waals surface area contributed by atoms with E-state index in [4.69, 9.17) is 5.11 Å². The number of hydrogen-bond acceptors (Lipinski definition) is 2. The minimum Gasteiger partial charge on any atom is -0.481 e. The van der Waals surface area contributed by atoms with Crippen molar-refractivity contribution in [2.45, 2.75) is 19.3 Å². The first-order valence-electron chi connectivity index (χ1n) is 4.91. The zero-order valence-electron chi connectivity index (χ0n) is 8.23. The number of fused-ring (bicyclic) bond motifs is 1. The fraction of sp³-hybridized carbons (Fsp3) is 0.273. The van der Waals surface area contributed by atoms with Gasteiger partial charge in [0.15, 0.2) is 0 Å². The minimum absolute atomic E-state index is 0.196. The molecule has 0 aliphatic carbocycles. The van der Waals surface area contributed by atoms with Gasteiger partial charge >= 0.3 is 5.97 Å². The lowest BCUT2D eigenvalue weighted by Crippen LogP contribution is -1.96. The second kappa shape index (κ2) is 4.13. The molecule has 1 aromatic carbocycles. The monoisotopic (exact) mass is 204 g/mol. The van der Waals surface area contributed by atoms with Crippen LogP contribution in [0.15, 0.2) is 24.3 Å². The highest BCUT2D eigenvalue weighted by molar-refractivity contribution is 5.81. The molecule has 0 saturated heterocycles. The maximum Gasteiger partial charge on any atom is 0.303 e. The maximum atomic E-state index is 10.4. The number of aromatic nitrogens is 2. The van der Waals surface area contributed by atoms with Crippen LogP contribution in [0.1, 0.15) is 18.5 Å². The molecule has 4 heteroatoms. The van der Waals surface area contributed by atoms with Crippen LogP contribution in [0.2, 0.25) is 0 Å². The predicted molar refractivity (Wildman–Crippen MR) is 56.7 cm³/mol. The summed E-state index contributed by atoms with van der Waals surface area (Å²) in [6.07, 6.45) is 1.53. The van der Waals surface area contributed by atoms with E-state index in [2.05, 4.69) is 10.2 Å². The number of carboxylic acid groups (broad SMARTS) is 1. The van der Waals surface area contributed by atoms with Crippen molar-refractivity contribution in [2.75, 3.05) is 0 Å². The average Bonchev–Trinajstić information content (AvgIpc) is 2.62. The van der Waals surface area contributed by atoms with E-state index in [1.165, 1.54) is 0 Å². The summed E-state index contributed by atoms with van der Waals surface area (Å²) in [5, 5.41) is 16.7. The largest absolute Gasteiger partial charge is 0.481 e. The molecular formula is C11H12N2O2. The molecule has 0 unspecified atom stereocenters. The van der Waals surface area contributed by atoms with Crippen molar-refractivity contribution >= 4 is 16.9 Å². The van der Waals surface area contributed by atoms with Crippen LogP contribution < -0.4 is 0 Å². The van der Waals surface area contributed by atoms with Gasteiger partial charge in [-0.25, -0.2) is 0 Å². The van der Waals surface area contributed by atoms with Gasteiger partial charge in [-0.05, 0) is 18.9 Å². The first-order valence-corrected chi connectivity index (χ1v) is 4.91. The Kier molecular flexibility index (Phi) is 2.67. The molecule has 0 aliphatic heterocycles. The number of aryl methyl sites for hydroxylation is 1. The molecule has 78 valence electrons. The summed E-state index contributed by atoms with van der Waals surface area (Å²) in [6.45, 7) is 0. The molecule has 2 N–H and O–H groups in total. The topological polar surface area (TPSA) is 66.0 Å². The molecule has 2 rings (SSSR count). The number of nitrogens with one attached hydrogen (secondary N) is 1. The van der Waals surface area contributed by atoms with Gasteiger partial charge in [0.2, 0.25) is 0 Å². The molecule has 0 fully saturated rings. The van der Waals surface area contributed by atoms with Gasteiger partial charge in [0, 0.05) is 11.8 Å². The number of H-pyrrole nitrogens is 1. The van der Waals surface area contributed by atoms with E-state index >= 15 is 0 Å². The lowest BCUT2D eigenvalue weighted by Gasteiger charge is -1.95. The smallest absolute Gasteiger partial charge is 0.303 e. The van der Waals surface area contributed by atoms with Gasteiger partial charge in [-0.2, -0.15) is 5.10 Å². The Bertz CT molecular complexity index is 476. The van der Waals surface area contributed by atoms with Crippen molar-refractivity contribution in [2.24, 2.45) is 0 Å². The van der Waals surface area contributed by atoms with Crippen molar-refractivity contribution in [1.82, 2.24) is 10.2 Å². The predicted octanol–water partition coefficient (Wildman–Crippen LogP) is 1.97. The third-order valence-corrected chi connectivity index (χ3v) is 2.35. The minimum atomic E-state index is -0.755. The van der Waals surface area contributed by atoms with Gasteiger partial charge in [-0.15, -0.1) is 0 Å². The standard InChI is InChI=1S/C11H12N2O2/c14-11(15)7-3-6-10-8-4-1-2-5-9(8)12-13-10/h1-2,4-5H,3,6-7H2,(H,12,13)(H,14,15). The van der Waals surface area contributed by atoms with Crippen LogP contribution in [0.25, 0.3) is 10.9 Å². The Morgan fingerprint density at radius 1 is 1.40 bits per heavy atom. The van der Waals surface area contributed by atoms with E-state index in [1.54, 1.807) is 0 Å². The Labute approximate surface area is 86.9 Å². The molecule has 0 aliphatic rings. The Hall–Kier alpha value is -1.84. The Morgan fingerprint density at radius 2 is 2.20 bits per heavy atom. The van der Waals surface area contributed by atoms with E-state index in [0.717, 1.165) is 16.6 Å².